The zero-order chi connectivity index (χ0) is 20.0. The van der Waals surface area contributed by atoms with Gasteiger partial charge in [-0.3, -0.25) is 9.59 Å². The van der Waals surface area contributed by atoms with E-state index in [4.69, 9.17) is 4.74 Å². The second-order valence-corrected chi connectivity index (χ2v) is 8.17. The number of carbonyl (C=O) groups is 2. The fourth-order valence-corrected chi connectivity index (χ4v) is 4.63. The lowest BCUT2D eigenvalue weighted by molar-refractivity contribution is -0.122. The number of ether oxygens (including phenoxy) is 1. The summed E-state index contributed by atoms with van der Waals surface area (Å²) in [6, 6.07) is 0. The molecular formula is C23H30O4. The minimum Gasteiger partial charge on any atom is -0.511 e. The molecule has 146 valence electrons. The molecule has 0 spiro atoms. The van der Waals surface area contributed by atoms with Crippen LogP contribution in [-0.2, 0) is 9.59 Å². The third kappa shape index (κ3) is 3.09. The highest BCUT2D eigenvalue weighted by molar-refractivity contribution is 6.21. The summed E-state index contributed by atoms with van der Waals surface area (Å²) in [5.74, 6) is 0.501. The van der Waals surface area contributed by atoms with Crippen molar-refractivity contribution in [3.05, 3.63) is 39.1 Å². The van der Waals surface area contributed by atoms with Crippen LogP contribution in [0.1, 0.15) is 86.1 Å². The van der Waals surface area contributed by atoms with Gasteiger partial charge in [-0.05, 0) is 50.8 Å². The standard InChI is InChI=1S/C23H30O4/c1-7-8-17(24)22-18(25)9-16(10-19(22)26)21-13(4)11(2)12(3)20-14(5)15(6)27-23(20)21/h14-16,25H,7-10H2,1-6H3. The molecule has 0 radical (unpaired) electrons. The number of hydrogen-bond donors (Lipinski definition) is 1. The number of allylic oxidation sites excluding steroid dienone is 2. The van der Waals surface area contributed by atoms with Gasteiger partial charge in [-0.15, -0.1) is 0 Å². The third-order valence-electron chi connectivity index (χ3n) is 6.49. The number of carbonyl (C=O) groups excluding carboxylic acids is 2. The van der Waals surface area contributed by atoms with Gasteiger partial charge in [0.05, 0.1) is 5.57 Å². The Hall–Kier alpha value is -2.10. The molecule has 0 saturated heterocycles. The Balaban J connectivity index is 2.08. The van der Waals surface area contributed by atoms with Gasteiger partial charge >= 0.3 is 0 Å². The van der Waals surface area contributed by atoms with Gasteiger partial charge in [0, 0.05) is 42.2 Å². The Kier molecular flexibility index (Phi) is 5.20. The van der Waals surface area contributed by atoms with E-state index in [9.17, 15) is 14.7 Å². The molecule has 4 heteroatoms. The number of aliphatic hydroxyl groups is 1. The molecule has 4 nitrogen and oxygen atoms in total. The summed E-state index contributed by atoms with van der Waals surface area (Å²) in [5, 5.41) is 10.5. The van der Waals surface area contributed by atoms with E-state index in [1.165, 1.54) is 16.7 Å². The number of rotatable bonds is 4. The number of Topliss-reactive ketones (excluding diaryl/α,β-unsaturated/α-hetero) is 2. The van der Waals surface area contributed by atoms with E-state index in [0.717, 1.165) is 16.9 Å². The maximum absolute atomic E-state index is 12.7. The number of hydrogen-bond acceptors (Lipinski definition) is 4. The van der Waals surface area contributed by atoms with Crippen LogP contribution in [0.25, 0.3) is 0 Å². The molecule has 1 aromatic carbocycles. The highest BCUT2D eigenvalue weighted by Crippen LogP contribution is 2.50. The van der Waals surface area contributed by atoms with Crippen molar-refractivity contribution in [1.82, 2.24) is 0 Å². The quantitative estimate of drug-likeness (QED) is 0.747. The molecule has 0 saturated carbocycles. The van der Waals surface area contributed by atoms with Gasteiger partial charge in [-0.2, -0.15) is 0 Å². The van der Waals surface area contributed by atoms with Crippen molar-refractivity contribution in [3.8, 4) is 5.75 Å². The average molecular weight is 370 g/mol. The molecule has 0 aromatic heterocycles. The number of fused-ring (bicyclic) bond motifs is 1. The molecule has 1 aliphatic heterocycles. The third-order valence-corrected chi connectivity index (χ3v) is 6.49. The summed E-state index contributed by atoms with van der Waals surface area (Å²) < 4.78 is 6.23. The first kappa shape index (κ1) is 19.7. The average Bonchev–Trinajstić information content (AvgIpc) is 2.87. The van der Waals surface area contributed by atoms with Crippen LogP contribution >= 0.6 is 0 Å². The van der Waals surface area contributed by atoms with Crippen LogP contribution in [0.3, 0.4) is 0 Å². The van der Waals surface area contributed by atoms with Crippen LogP contribution in [0, 0.1) is 20.8 Å². The molecule has 0 amide bonds. The first-order chi connectivity index (χ1) is 12.7. The summed E-state index contributed by atoms with van der Waals surface area (Å²) in [4.78, 5) is 25.0. The van der Waals surface area contributed by atoms with Gasteiger partial charge in [-0.1, -0.05) is 13.8 Å². The van der Waals surface area contributed by atoms with Gasteiger partial charge in [0.15, 0.2) is 11.6 Å². The lowest BCUT2D eigenvalue weighted by Gasteiger charge is -2.28. The van der Waals surface area contributed by atoms with Crippen molar-refractivity contribution in [2.45, 2.75) is 85.2 Å². The van der Waals surface area contributed by atoms with Crippen LogP contribution < -0.4 is 4.74 Å². The summed E-state index contributed by atoms with van der Waals surface area (Å²) >= 11 is 0. The highest BCUT2D eigenvalue weighted by Gasteiger charge is 2.39. The Bertz CT molecular complexity index is 847. The van der Waals surface area contributed by atoms with E-state index in [1.54, 1.807) is 0 Å². The van der Waals surface area contributed by atoms with Crippen LogP contribution in [0.15, 0.2) is 11.3 Å². The molecule has 3 unspecified atom stereocenters. The van der Waals surface area contributed by atoms with E-state index in [0.29, 0.717) is 25.2 Å². The minimum absolute atomic E-state index is 0.0221. The Morgan fingerprint density at radius 1 is 1.07 bits per heavy atom. The monoisotopic (exact) mass is 370 g/mol. The van der Waals surface area contributed by atoms with E-state index in [1.807, 2.05) is 6.92 Å². The Morgan fingerprint density at radius 2 is 1.70 bits per heavy atom. The largest absolute Gasteiger partial charge is 0.511 e. The van der Waals surface area contributed by atoms with Gasteiger partial charge < -0.3 is 9.84 Å². The molecule has 0 fully saturated rings. The van der Waals surface area contributed by atoms with Crippen molar-refractivity contribution in [2.75, 3.05) is 0 Å². The van der Waals surface area contributed by atoms with E-state index >= 15 is 0 Å². The molecule has 3 rings (SSSR count). The minimum atomic E-state index is -0.243. The number of ketones is 2. The van der Waals surface area contributed by atoms with Crippen LogP contribution in [0.5, 0.6) is 5.75 Å². The zero-order valence-corrected chi connectivity index (χ0v) is 17.2. The number of aliphatic hydroxyl groups excluding tert-OH is 1. The SMILES string of the molecule is CCCC(=O)C1=C(O)CC(c2c(C)c(C)c(C)c3c2OC(C)C3C)CC1=O. The molecule has 1 aliphatic carbocycles. The first-order valence-electron chi connectivity index (χ1n) is 9.97. The molecule has 3 atom stereocenters. The molecule has 1 aromatic rings. The van der Waals surface area contributed by atoms with Crippen molar-refractivity contribution >= 4 is 11.6 Å². The van der Waals surface area contributed by atoms with Crippen LogP contribution in [0.2, 0.25) is 0 Å². The first-order valence-corrected chi connectivity index (χ1v) is 9.97. The van der Waals surface area contributed by atoms with Gasteiger partial charge in [-0.25, -0.2) is 0 Å². The lowest BCUT2D eigenvalue weighted by Crippen LogP contribution is -2.24. The van der Waals surface area contributed by atoms with Crippen molar-refractivity contribution in [1.29, 1.82) is 0 Å². The Labute approximate surface area is 161 Å². The maximum atomic E-state index is 12.7. The van der Waals surface area contributed by atoms with Crippen molar-refractivity contribution < 1.29 is 19.4 Å². The Morgan fingerprint density at radius 3 is 2.30 bits per heavy atom. The zero-order valence-electron chi connectivity index (χ0n) is 17.2. The molecular weight excluding hydrogens is 340 g/mol. The normalized spacial score (nSPS) is 24.8. The molecule has 2 aliphatic rings. The van der Waals surface area contributed by atoms with Gasteiger partial charge in [0.2, 0.25) is 0 Å². The molecule has 1 N–H and O–H groups in total. The van der Waals surface area contributed by atoms with Gasteiger partial charge in [0.1, 0.15) is 17.6 Å². The summed E-state index contributed by atoms with van der Waals surface area (Å²) in [7, 11) is 0. The van der Waals surface area contributed by atoms with Crippen molar-refractivity contribution in [2.24, 2.45) is 0 Å². The molecule has 27 heavy (non-hydrogen) atoms. The predicted molar refractivity (Wildman–Crippen MR) is 106 cm³/mol. The highest BCUT2D eigenvalue weighted by atomic mass is 16.5. The van der Waals surface area contributed by atoms with E-state index in [-0.39, 0.29) is 41.3 Å². The summed E-state index contributed by atoms with van der Waals surface area (Å²) in [6.45, 7) is 12.5. The number of benzene rings is 1. The fourth-order valence-electron chi connectivity index (χ4n) is 4.63. The van der Waals surface area contributed by atoms with E-state index < -0.39 is 0 Å². The summed E-state index contributed by atoms with van der Waals surface area (Å²) in [5.41, 5.74) is 5.88. The van der Waals surface area contributed by atoms with E-state index in [2.05, 4.69) is 34.6 Å². The maximum Gasteiger partial charge on any atom is 0.170 e. The van der Waals surface area contributed by atoms with Crippen LogP contribution in [-0.4, -0.2) is 22.8 Å². The van der Waals surface area contributed by atoms with Gasteiger partial charge in [0.25, 0.3) is 0 Å². The predicted octanol–water partition coefficient (Wildman–Crippen LogP) is 5.12. The fraction of sp³-hybridized carbons (Fsp3) is 0.565. The second-order valence-electron chi connectivity index (χ2n) is 8.17. The molecule has 1 heterocycles. The molecule has 0 bridgehead atoms. The van der Waals surface area contributed by atoms with Crippen molar-refractivity contribution in [3.63, 3.8) is 0 Å². The second kappa shape index (κ2) is 7.14. The topological polar surface area (TPSA) is 63.6 Å². The van der Waals surface area contributed by atoms with Crippen LogP contribution in [0.4, 0.5) is 0 Å². The summed E-state index contributed by atoms with van der Waals surface area (Å²) in [6.07, 6.45) is 1.62. The lowest BCUT2D eigenvalue weighted by atomic mass is 9.76. The smallest absolute Gasteiger partial charge is 0.170 e.